The van der Waals surface area contributed by atoms with Gasteiger partial charge in [0.1, 0.15) is 22.4 Å². The smallest absolute Gasteiger partial charge is 0.229 e. The van der Waals surface area contributed by atoms with E-state index in [4.69, 9.17) is 9.72 Å². The average Bonchev–Trinajstić information content (AvgIpc) is 3.45. The van der Waals surface area contributed by atoms with Crippen LogP contribution in [0, 0.1) is 6.92 Å². The number of thiazole rings is 2. The topological polar surface area (TPSA) is 55.3 Å². The molecule has 1 saturated heterocycles. The summed E-state index contributed by atoms with van der Waals surface area (Å²) in [5.41, 5.74) is 3.04. The van der Waals surface area contributed by atoms with Crippen LogP contribution in [-0.4, -0.2) is 27.3 Å². The van der Waals surface area contributed by atoms with E-state index in [0.717, 1.165) is 52.8 Å². The second-order valence-corrected chi connectivity index (χ2v) is 10.1. The molecule has 5 rings (SSSR count). The van der Waals surface area contributed by atoms with Crippen LogP contribution in [0.4, 0.5) is 0 Å². The van der Waals surface area contributed by atoms with Crippen LogP contribution < -0.4 is 4.74 Å². The van der Waals surface area contributed by atoms with E-state index >= 15 is 0 Å². The quantitative estimate of drug-likeness (QED) is 0.355. The highest BCUT2D eigenvalue weighted by molar-refractivity contribution is 7.18. The fourth-order valence-corrected chi connectivity index (χ4v) is 5.87. The number of ether oxygens (including phenoxy) is 1. The van der Waals surface area contributed by atoms with E-state index in [-0.39, 0.29) is 11.9 Å². The number of nitrogens with zero attached hydrogens (tertiary/aromatic N) is 3. The van der Waals surface area contributed by atoms with Gasteiger partial charge in [0.2, 0.25) is 5.91 Å². The SMILES string of the molecule is Cc1ccc(OCc2nc(CC(=O)N3CCCCC3c3nc4ccccc4s3)cs2)cc1. The molecule has 1 aliphatic heterocycles. The van der Waals surface area contributed by atoms with Gasteiger partial charge in [0.25, 0.3) is 0 Å². The summed E-state index contributed by atoms with van der Waals surface area (Å²) in [6.45, 7) is 3.25. The van der Waals surface area contributed by atoms with E-state index in [1.54, 1.807) is 22.7 Å². The lowest BCUT2D eigenvalue weighted by molar-refractivity contribution is -0.134. The van der Waals surface area contributed by atoms with Crippen LogP contribution in [0.25, 0.3) is 10.2 Å². The summed E-state index contributed by atoms with van der Waals surface area (Å²) in [5.74, 6) is 0.959. The van der Waals surface area contributed by atoms with Crippen molar-refractivity contribution in [1.82, 2.24) is 14.9 Å². The van der Waals surface area contributed by atoms with Gasteiger partial charge in [0, 0.05) is 11.9 Å². The number of likely N-dealkylation sites (tertiary alicyclic amines) is 1. The van der Waals surface area contributed by atoms with Crippen molar-refractivity contribution < 1.29 is 9.53 Å². The van der Waals surface area contributed by atoms with Crippen molar-refractivity contribution in [1.29, 1.82) is 0 Å². The Morgan fingerprint density at radius 3 is 2.81 bits per heavy atom. The molecule has 164 valence electrons. The minimum absolute atomic E-state index is 0.0663. The first-order valence-electron chi connectivity index (χ1n) is 10.9. The lowest BCUT2D eigenvalue weighted by atomic mass is 10.0. The predicted molar refractivity (Wildman–Crippen MR) is 129 cm³/mol. The first kappa shape index (κ1) is 21.1. The first-order valence-corrected chi connectivity index (χ1v) is 12.6. The number of para-hydroxylation sites is 1. The Morgan fingerprint density at radius 2 is 1.97 bits per heavy atom. The van der Waals surface area contributed by atoms with Crippen molar-refractivity contribution in [3.63, 3.8) is 0 Å². The third-order valence-corrected chi connectivity index (χ3v) is 7.74. The molecule has 2 aromatic carbocycles. The van der Waals surface area contributed by atoms with E-state index in [9.17, 15) is 4.79 Å². The molecule has 3 heterocycles. The molecular weight excluding hydrogens is 438 g/mol. The van der Waals surface area contributed by atoms with Gasteiger partial charge in [0.05, 0.1) is 28.4 Å². The standard InChI is InChI=1S/C25H25N3O2S2/c1-17-9-11-19(12-10-17)30-15-23-26-18(16-31-23)14-24(29)28-13-5-4-7-21(28)25-27-20-6-2-3-8-22(20)32-25/h2-3,6,8-12,16,21H,4-5,7,13-15H2,1H3. The maximum atomic E-state index is 13.2. The third-order valence-electron chi connectivity index (χ3n) is 5.73. The molecule has 1 aliphatic rings. The zero-order valence-electron chi connectivity index (χ0n) is 18.0. The number of hydrogen-bond donors (Lipinski definition) is 0. The number of hydrogen-bond acceptors (Lipinski definition) is 6. The van der Waals surface area contributed by atoms with E-state index in [1.165, 1.54) is 10.3 Å². The lowest BCUT2D eigenvalue weighted by Gasteiger charge is -2.34. The molecular formula is C25H25N3O2S2. The number of aromatic nitrogens is 2. The van der Waals surface area contributed by atoms with Gasteiger partial charge >= 0.3 is 0 Å². The number of carbonyl (C=O) groups excluding carboxylic acids is 1. The second kappa shape index (κ2) is 9.38. The highest BCUT2D eigenvalue weighted by atomic mass is 32.1. The minimum atomic E-state index is 0.0663. The van der Waals surface area contributed by atoms with Crippen molar-refractivity contribution in [2.24, 2.45) is 0 Å². The van der Waals surface area contributed by atoms with Crippen LogP contribution in [0.5, 0.6) is 5.75 Å². The summed E-state index contributed by atoms with van der Waals surface area (Å²) in [6.07, 6.45) is 3.46. The molecule has 1 unspecified atom stereocenters. The monoisotopic (exact) mass is 463 g/mol. The summed E-state index contributed by atoms with van der Waals surface area (Å²) in [5, 5.41) is 3.90. The fourth-order valence-electron chi connectivity index (χ4n) is 4.05. The summed E-state index contributed by atoms with van der Waals surface area (Å²) in [6, 6.07) is 16.2. The number of carbonyl (C=O) groups is 1. The van der Waals surface area contributed by atoms with Crippen LogP contribution in [0.2, 0.25) is 0 Å². The molecule has 0 spiro atoms. The molecule has 5 nitrogen and oxygen atoms in total. The molecule has 1 fully saturated rings. The van der Waals surface area contributed by atoms with Gasteiger partial charge in [-0.25, -0.2) is 9.97 Å². The summed E-state index contributed by atoms with van der Waals surface area (Å²) < 4.78 is 7.01. The molecule has 0 aliphatic carbocycles. The van der Waals surface area contributed by atoms with Gasteiger partial charge in [-0.05, 0) is 50.5 Å². The van der Waals surface area contributed by atoms with E-state index < -0.39 is 0 Å². The molecule has 4 aromatic rings. The van der Waals surface area contributed by atoms with Crippen molar-refractivity contribution in [2.45, 2.75) is 45.3 Å². The predicted octanol–water partition coefficient (Wildman–Crippen LogP) is 5.94. The highest BCUT2D eigenvalue weighted by Crippen LogP contribution is 2.36. The number of rotatable bonds is 6. The summed E-state index contributed by atoms with van der Waals surface area (Å²) in [7, 11) is 0. The average molecular weight is 464 g/mol. The maximum Gasteiger partial charge on any atom is 0.229 e. The molecule has 1 amide bonds. The second-order valence-electron chi connectivity index (χ2n) is 8.13. The van der Waals surface area contributed by atoms with Gasteiger partial charge in [-0.1, -0.05) is 29.8 Å². The molecule has 1 atom stereocenters. The molecule has 7 heteroatoms. The number of benzene rings is 2. The summed E-state index contributed by atoms with van der Waals surface area (Å²) >= 11 is 3.25. The Balaban J connectivity index is 1.24. The third kappa shape index (κ3) is 4.69. The van der Waals surface area contributed by atoms with Crippen LogP contribution in [0.15, 0.2) is 53.9 Å². The normalized spacial score (nSPS) is 16.4. The van der Waals surface area contributed by atoms with Crippen LogP contribution in [0.3, 0.4) is 0 Å². The Kier molecular flexibility index (Phi) is 6.19. The van der Waals surface area contributed by atoms with E-state index in [2.05, 4.69) is 18.0 Å². The first-order chi connectivity index (χ1) is 15.7. The van der Waals surface area contributed by atoms with E-state index in [1.807, 2.05) is 52.7 Å². The molecule has 2 aromatic heterocycles. The molecule has 0 radical (unpaired) electrons. The molecule has 0 bridgehead atoms. The fraction of sp³-hybridized carbons (Fsp3) is 0.320. The van der Waals surface area contributed by atoms with Crippen LogP contribution in [0.1, 0.15) is 46.6 Å². The van der Waals surface area contributed by atoms with Crippen molar-refractivity contribution in [3.8, 4) is 5.75 Å². The zero-order chi connectivity index (χ0) is 21.9. The minimum Gasteiger partial charge on any atom is -0.486 e. The van der Waals surface area contributed by atoms with Gasteiger partial charge in [0.15, 0.2) is 0 Å². The maximum absolute atomic E-state index is 13.2. The number of piperidine rings is 1. The molecule has 0 saturated carbocycles. The number of aryl methyl sites for hydroxylation is 1. The Hall–Kier alpha value is -2.77. The largest absolute Gasteiger partial charge is 0.486 e. The zero-order valence-corrected chi connectivity index (χ0v) is 19.6. The number of amides is 1. The van der Waals surface area contributed by atoms with E-state index in [0.29, 0.717) is 13.0 Å². The number of fused-ring (bicyclic) bond motifs is 1. The van der Waals surface area contributed by atoms with Gasteiger partial charge in [-0.2, -0.15) is 0 Å². The Bertz CT molecular complexity index is 1180. The van der Waals surface area contributed by atoms with Crippen molar-refractivity contribution >= 4 is 38.8 Å². The Morgan fingerprint density at radius 1 is 1.12 bits per heavy atom. The Labute approximate surface area is 195 Å². The highest BCUT2D eigenvalue weighted by Gasteiger charge is 2.30. The van der Waals surface area contributed by atoms with Crippen molar-refractivity contribution in [3.05, 3.63) is 75.2 Å². The van der Waals surface area contributed by atoms with Gasteiger partial charge < -0.3 is 9.64 Å². The van der Waals surface area contributed by atoms with Crippen LogP contribution >= 0.6 is 22.7 Å². The van der Waals surface area contributed by atoms with Crippen LogP contribution in [-0.2, 0) is 17.8 Å². The summed E-state index contributed by atoms with van der Waals surface area (Å²) in [4.78, 5) is 24.7. The van der Waals surface area contributed by atoms with Gasteiger partial charge in [-0.3, -0.25) is 4.79 Å². The lowest BCUT2D eigenvalue weighted by Crippen LogP contribution is -2.39. The molecule has 0 N–H and O–H groups in total. The van der Waals surface area contributed by atoms with Gasteiger partial charge in [-0.15, -0.1) is 22.7 Å². The molecule has 32 heavy (non-hydrogen) atoms. The van der Waals surface area contributed by atoms with Crippen molar-refractivity contribution in [2.75, 3.05) is 6.54 Å².